The van der Waals surface area contributed by atoms with Crippen LogP contribution < -0.4 is 5.32 Å². The van der Waals surface area contributed by atoms with Gasteiger partial charge in [-0.25, -0.2) is 4.39 Å². The van der Waals surface area contributed by atoms with Crippen molar-refractivity contribution in [3.05, 3.63) is 30.1 Å². The van der Waals surface area contributed by atoms with Crippen LogP contribution in [0.15, 0.2) is 29.2 Å². The Morgan fingerprint density at radius 2 is 1.91 bits per heavy atom. The van der Waals surface area contributed by atoms with Crippen LogP contribution in [-0.4, -0.2) is 43.1 Å². The van der Waals surface area contributed by atoms with E-state index in [1.54, 1.807) is 12.1 Å². The largest absolute Gasteiger partial charge is 0.373 e. The maximum absolute atomic E-state index is 12.8. The van der Waals surface area contributed by atoms with Gasteiger partial charge in [0.25, 0.3) is 0 Å². The zero-order valence-corrected chi connectivity index (χ0v) is 13.1. The van der Waals surface area contributed by atoms with Gasteiger partial charge in [-0.1, -0.05) is 0 Å². The number of thioether (sulfide) groups is 1. The minimum Gasteiger partial charge on any atom is -0.373 e. The highest BCUT2D eigenvalue weighted by molar-refractivity contribution is 8.00. The molecule has 1 aromatic carbocycles. The second kappa shape index (κ2) is 7.44. The summed E-state index contributed by atoms with van der Waals surface area (Å²) in [5, 5.41) is 3.06. The maximum atomic E-state index is 12.8. The molecule has 0 spiro atoms. The normalized spacial score (nSPS) is 28.0. The van der Waals surface area contributed by atoms with Gasteiger partial charge < -0.3 is 14.8 Å². The molecule has 120 valence electrons. The first kappa shape index (κ1) is 15.8. The molecule has 0 radical (unpaired) electrons. The lowest BCUT2D eigenvalue weighted by Gasteiger charge is -2.39. The lowest BCUT2D eigenvalue weighted by molar-refractivity contribution is -0.158. The minimum atomic E-state index is -0.264. The molecule has 2 aliphatic rings. The molecule has 3 atom stereocenters. The fourth-order valence-corrected chi connectivity index (χ4v) is 3.66. The number of carbonyl (C=O) groups is 1. The molecule has 1 heterocycles. The van der Waals surface area contributed by atoms with Gasteiger partial charge in [0, 0.05) is 10.9 Å². The monoisotopic (exact) mass is 325 g/mol. The number of carbonyl (C=O) groups excluding carboxylic acids is 1. The SMILES string of the molecule is O=C(CSc1ccc(F)cc1)N[C@@H]1CC[C@H]2OCCO[C@@H]2C1. The van der Waals surface area contributed by atoms with Gasteiger partial charge in [-0.2, -0.15) is 0 Å². The Labute approximate surface area is 133 Å². The van der Waals surface area contributed by atoms with Crippen LogP contribution in [0, 0.1) is 5.82 Å². The molecule has 22 heavy (non-hydrogen) atoms. The van der Waals surface area contributed by atoms with Crippen molar-refractivity contribution in [1.29, 1.82) is 0 Å². The second-order valence-electron chi connectivity index (χ2n) is 5.64. The molecular formula is C16H20FNO3S. The molecule has 0 unspecified atom stereocenters. The zero-order chi connectivity index (χ0) is 15.4. The fourth-order valence-electron chi connectivity index (χ4n) is 2.95. The van der Waals surface area contributed by atoms with Crippen molar-refractivity contribution in [1.82, 2.24) is 5.32 Å². The minimum absolute atomic E-state index is 0.00880. The van der Waals surface area contributed by atoms with E-state index >= 15 is 0 Å². The van der Waals surface area contributed by atoms with E-state index in [0.29, 0.717) is 19.0 Å². The highest BCUT2D eigenvalue weighted by Crippen LogP contribution is 2.27. The Kier molecular flexibility index (Phi) is 5.33. The lowest BCUT2D eigenvalue weighted by Crippen LogP contribution is -2.49. The zero-order valence-electron chi connectivity index (χ0n) is 12.3. The van der Waals surface area contributed by atoms with Crippen molar-refractivity contribution in [2.45, 2.75) is 42.4 Å². The van der Waals surface area contributed by atoms with Crippen LogP contribution in [0.3, 0.4) is 0 Å². The number of nitrogens with one attached hydrogen (secondary N) is 1. The molecule has 0 aromatic heterocycles. The summed E-state index contributed by atoms with van der Waals surface area (Å²) < 4.78 is 24.2. The third-order valence-electron chi connectivity index (χ3n) is 4.03. The predicted molar refractivity (Wildman–Crippen MR) is 82.4 cm³/mol. The molecule has 1 aromatic rings. The molecule has 1 saturated carbocycles. The molecule has 4 nitrogen and oxygen atoms in total. The van der Waals surface area contributed by atoms with Crippen LogP contribution in [0.2, 0.25) is 0 Å². The number of fused-ring (bicyclic) bond motifs is 1. The van der Waals surface area contributed by atoms with Gasteiger partial charge in [0.2, 0.25) is 5.91 Å². The van der Waals surface area contributed by atoms with Crippen molar-refractivity contribution < 1.29 is 18.7 Å². The van der Waals surface area contributed by atoms with E-state index in [0.717, 1.165) is 24.2 Å². The lowest BCUT2D eigenvalue weighted by atomic mass is 9.89. The van der Waals surface area contributed by atoms with Crippen molar-refractivity contribution in [2.24, 2.45) is 0 Å². The Morgan fingerprint density at radius 3 is 2.68 bits per heavy atom. The number of hydrogen-bond acceptors (Lipinski definition) is 4. The molecule has 6 heteroatoms. The van der Waals surface area contributed by atoms with E-state index in [-0.39, 0.29) is 30.0 Å². The first-order valence-corrected chi connectivity index (χ1v) is 8.60. The van der Waals surface area contributed by atoms with Crippen LogP contribution in [0.5, 0.6) is 0 Å². The summed E-state index contributed by atoms with van der Waals surface area (Å²) in [4.78, 5) is 12.9. The second-order valence-corrected chi connectivity index (χ2v) is 6.69. The molecule has 3 rings (SSSR count). The van der Waals surface area contributed by atoms with Crippen molar-refractivity contribution >= 4 is 17.7 Å². The van der Waals surface area contributed by atoms with Gasteiger partial charge >= 0.3 is 0 Å². The maximum Gasteiger partial charge on any atom is 0.230 e. The topological polar surface area (TPSA) is 47.6 Å². The van der Waals surface area contributed by atoms with E-state index in [1.807, 2.05) is 0 Å². The smallest absolute Gasteiger partial charge is 0.230 e. The Bertz CT molecular complexity index is 511. The third-order valence-corrected chi connectivity index (χ3v) is 5.04. The van der Waals surface area contributed by atoms with Crippen LogP contribution in [0.1, 0.15) is 19.3 Å². The summed E-state index contributed by atoms with van der Waals surface area (Å²) in [7, 11) is 0. The quantitative estimate of drug-likeness (QED) is 0.864. The average molecular weight is 325 g/mol. The van der Waals surface area contributed by atoms with Gasteiger partial charge in [-0.3, -0.25) is 4.79 Å². The number of benzene rings is 1. The fraction of sp³-hybridized carbons (Fsp3) is 0.562. The van der Waals surface area contributed by atoms with Gasteiger partial charge in [0.15, 0.2) is 0 Å². The van der Waals surface area contributed by atoms with Crippen LogP contribution in [0.25, 0.3) is 0 Å². The summed E-state index contributed by atoms with van der Waals surface area (Å²) in [6.07, 6.45) is 2.98. The number of halogens is 1. The molecule has 1 aliphatic carbocycles. The molecule has 1 aliphatic heterocycles. The first-order valence-electron chi connectivity index (χ1n) is 7.61. The highest BCUT2D eigenvalue weighted by atomic mass is 32.2. The standard InChI is InChI=1S/C16H20FNO3S/c17-11-1-4-13(5-2-11)22-10-16(19)18-12-3-6-14-15(9-12)21-8-7-20-14/h1-2,4-5,12,14-15H,3,6-10H2,(H,18,19)/t12-,14-,15-/m1/s1. The Balaban J connectivity index is 1.42. The molecule has 2 fully saturated rings. The molecular weight excluding hydrogens is 305 g/mol. The Morgan fingerprint density at radius 1 is 1.18 bits per heavy atom. The highest BCUT2D eigenvalue weighted by Gasteiger charge is 2.34. The van der Waals surface area contributed by atoms with Crippen LogP contribution >= 0.6 is 11.8 Å². The molecule has 1 amide bonds. The number of ether oxygens (including phenoxy) is 2. The number of hydrogen-bond donors (Lipinski definition) is 1. The van der Waals surface area contributed by atoms with Crippen LogP contribution in [0.4, 0.5) is 4.39 Å². The van der Waals surface area contributed by atoms with E-state index in [1.165, 1.54) is 23.9 Å². The average Bonchev–Trinajstić information content (AvgIpc) is 2.54. The number of rotatable bonds is 4. The first-order chi connectivity index (χ1) is 10.7. The molecule has 0 bridgehead atoms. The van der Waals surface area contributed by atoms with Gasteiger partial charge in [0.1, 0.15) is 5.82 Å². The van der Waals surface area contributed by atoms with Gasteiger partial charge in [-0.05, 0) is 43.5 Å². The van der Waals surface area contributed by atoms with E-state index in [4.69, 9.17) is 9.47 Å². The predicted octanol–water partition coefficient (Wildman–Crippen LogP) is 2.37. The molecule has 1 saturated heterocycles. The summed E-state index contributed by atoms with van der Waals surface area (Å²) >= 11 is 1.41. The van der Waals surface area contributed by atoms with Crippen LogP contribution in [-0.2, 0) is 14.3 Å². The van der Waals surface area contributed by atoms with Crippen molar-refractivity contribution in [2.75, 3.05) is 19.0 Å². The summed E-state index contributed by atoms with van der Waals surface area (Å²) in [5.41, 5.74) is 0. The number of amides is 1. The summed E-state index contributed by atoms with van der Waals surface area (Å²) in [5.74, 6) is 0.0860. The van der Waals surface area contributed by atoms with Crippen molar-refractivity contribution in [3.63, 3.8) is 0 Å². The van der Waals surface area contributed by atoms with Gasteiger partial charge in [0.05, 0.1) is 31.2 Å². The molecule has 1 N–H and O–H groups in total. The van der Waals surface area contributed by atoms with Crippen molar-refractivity contribution in [3.8, 4) is 0 Å². The van der Waals surface area contributed by atoms with E-state index in [9.17, 15) is 9.18 Å². The third kappa shape index (κ3) is 4.21. The summed E-state index contributed by atoms with van der Waals surface area (Å²) in [6, 6.07) is 6.34. The van der Waals surface area contributed by atoms with E-state index < -0.39 is 0 Å². The van der Waals surface area contributed by atoms with Gasteiger partial charge in [-0.15, -0.1) is 11.8 Å². The summed E-state index contributed by atoms with van der Waals surface area (Å²) in [6.45, 7) is 1.31. The Hall–Kier alpha value is -1.11. The van der Waals surface area contributed by atoms with E-state index in [2.05, 4.69) is 5.32 Å².